The van der Waals surface area contributed by atoms with E-state index >= 15 is 0 Å². The average molecular weight is 730 g/mol. The van der Waals surface area contributed by atoms with Crippen molar-refractivity contribution < 1.29 is 37.6 Å². The number of phosphoric acid groups is 1. The van der Waals surface area contributed by atoms with Gasteiger partial charge >= 0.3 is 19.8 Å². The van der Waals surface area contributed by atoms with E-state index in [1.54, 1.807) is 0 Å². The van der Waals surface area contributed by atoms with E-state index in [9.17, 15) is 19.0 Å². The highest BCUT2D eigenvalue weighted by molar-refractivity contribution is 7.47. The molecule has 1 unspecified atom stereocenters. The number of esters is 2. The molecule has 0 bridgehead atoms. The van der Waals surface area contributed by atoms with Gasteiger partial charge in [0.05, 0.1) is 13.2 Å². The number of hydrogen-bond donors (Lipinski definition) is 2. The number of hydrogen-bond acceptors (Lipinski definition) is 8. The molecule has 0 spiro atoms. The number of allylic oxidation sites excluding steroid dienone is 4. The minimum atomic E-state index is -4.37. The minimum Gasteiger partial charge on any atom is -0.462 e. The smallest absolute Gasteiger partial charge is 0.462 e. The van der Waals surface area contributed by atoms with Crippen molar-refractivity contribution in [2.75, 3.05) is 26.4 Å². The third-order valence-corrected chi connectivity index (χ3v) is 9.54. The van der Waals surface area contributed by atoms with Crippen LogP contribution in [0.4, 0.5) is 0 Å². The maximum absolute atomic E-state index is 12.5. The van der Waals surface area contributed by atoms with Gasteiger partial charge in [0.2, 0.25) is 0 Å². The molecular weight excluding hydrogens is 653 g/mol. The van der Waals surface area contributed by atoms with Crippen molar-refractivity contribution in [3.63, 3.8) is 0 Å². The molecular formula is C40H76NO8P. The zero-order valence-corrected chi connectivity index (χ0v) is 33.0. The second-order valence-electron chi connectivity index (χ2n) is 13.5. The summed E-state index contributed by atoms with van der Waals surface area (Å²) in [4.78, 5) is 34.8. The summed E-state index contributed by atoms with van der Waals surface area (Å²) in [5.41, 5.74) is 5.34. The molecule has 294 valence electrons. The monoisotopic (exact) mass is 730 g/mol. The number of carbonyl (C=O) groups is 2. The summed E-state index contributed by atoms with van der Waals surface area (Å²) in [6, 6.07) is 0. The predicted molar refractivity (Wildman–Crippen MR) is 206 cm³/mol. The van der Waals surface area contributed by atoms with Gasteiger partial charge < -0.3 is 20.1 Å². The normalized spacial score (nSPS) is 13.6. The van der Waals surface area contributed by atoms with Gasteiger partial charge in [0, 0.05) is 19.4 Å². The fourth-order valence-corrected chi connectivity index (χ4v) is 6.27. The largest absolute Gasteiger partial charge is 0.472 e. The fraction of sp³-hybridized carbons (Fsp3) is 0.850. The highest BCUT2D eigenvalue weighted by atomic mass is 31.2. The molecule has 0 saturated heterocycles. The molecule has 0 aromatic carbocycles. The van der Waals surface area contributed by atoms with Crippen molar-refractivity contribution in [3.05, 3.63) is 24.3 Å². The van der Waals surface area contributed by atoms with Crippen molar-refractivity contribution in [1.29, 1.82) is 0 Å². The van der Waals surface area contributed by atoms with Crippen LogP contribution in [0, 0.1) is 0 Å². The lowest BCUT2D eigenvalue weighted by molar-refractivity contribution is -0.161. The number of carbonyl (C=O) groups excluding carboxylic acids is 2. The summed E-state index contributed by atoms with van der Waals surface area (Å²) >= 11 is 0. The molecule has 0 saturated carbocycles. The Hall–Kier alpha value is -1.51. The molecule has 9 nitrogen and oxygen atoms in total. The SMILES string of the molecule is CCCCCC/C=C/CCCCCCCCCC(=O)O[C@H](COC(=O)CCCCCCC/C=C/CCCCCCC)COP(=O)(O)OCCN. The van der Waals surface area contributed by atoms with Crippen LogP contribution in [-0.2, 0) is 32.7 Å². The Morgan fingerprint density at radius 3 is 1.44 bits per heavy atom. The van der Waals surface area contributed by atoms with Gasteiger partial charge in [-0.1, -0.05) is 134 Å². The maximum Gasteiger partial charge on any atom is 0.472 e. The Labute approximate surface area is 306 Å². The lowest BCUT2D eigenvalue weighted by Gasteiger charge is -2.19. The average Bonchev–Trinajstić information content (AvgIpc) is 3.10. The first kappa shape index (κ1) is 48.5. The Kier molecular flexibility index (Phi) is 36.1. The van der Waals surface area contributed by atoms with Crippen molar-refractivity contribution in [2.45, 2.75) is 193 Å². The lowest BCUT2D eigenvalue weighted by Crippen LogP contribution is -2.29. The van der Waals surface area contributed by atoms with Crippen LogP contribution in [0.15, 0.2) is 24.3 Å². The molecule has 3 N–H and O–H groups in total. The van der Waals surface area contributed by atoms with E-state index < -0.39 is 32.5 Å². The van der Waals surface area contributed by atoms with Gasteiger partial charge in [-0.05, 0) is 64.2 Å². The molecule has 0 aromatic rings. The van der Waals surface area contributed by atoms with Crippen LogP contribution in [0.25, 0.3) is 0 Å². The molecule has 0 aromatic heterocycles. The molecule has 0 fully saturated rings. The van der Waals surface area contributed by atoms with E-state index in [2.05, 4.69) is 38.2 Å². The van der Waals surface area contributed by atoms with Gasteiger partial charge in [0.1, 0.15) is 6.61 Å². The third kappa shape index (κ3) is 36.3. The summed E-state index contributed by atoms with van der Waals surface area (Å²) < 4.78 is 32.7. The second-order valence-corrected chi connectivity index (χ2v) is 14.9. The van der Waals surface area contributed by atoms with Crippen molar-refractivity contribution in [2.24, 2.45) is 5.73 Å². The van der Waals surface area contributed by atoms with E-state index in [1.807, 2.05) is 0 Å². The fourth-order valence-electron chi connectivity index (χ4n) is 5.51. The predicted octanol–water partition coefficient (Wildman–Crippen LogP) is 11.2. The van der Waals surface area contributed by atoms with Gasteiger partial charge in [0.25, 0.3) is 0 Å². The third-order valence-electron chi connectivity index (χ3n) is 8.56. The zero-order chi connectivity index (χ0) is 36.8. The summed E-state index contributed by atoms with van der Waals surface area (Å²) in [5, 5.41) is 0. The summed E-state index contributed by atoms with van der Waals surface area (Å²) in [5.74, 6) is -0.841. The molecule has 0 radical (unpaired) electrons. The van der Waals surface area contributed by atoms with Crippen LogP contribution in [-0.4, -0.2) is 49.3 Å². The molecule has 0 aliphatic carbocycles. The van der Waals surface area contributed by atoms with E-state index in [0.29, 0.717) is 6.42 Å². The van der Waals surface area contributed by atoms with E-state index in [4.69, 9.17) is 24.3 Å². The van der Waals surface area contributed by atoms with Crippen LogP contribution >= 0.6 is 7.82 Å². The van der Waals surface area contributed by atoms with E-state index in [0.717, 1.165) is 64.2 Å². The van der Waals surface area contributed by atoms with Crippen molar-refractivity contribution >= 4 is 19.8 Å². The zero-order valence-electron chi connectivity index (χ0n) is 32.1. The Bertz CT molecular complexity index is 881. The second kappa shape index (κ2) is 37.3. The first-order valence-corrected chi connectivity index (χ1v) is 21.8. The van der Waals surface area contributed by atoms with Gasteiger partial charge in [-0.15, -0.1) is 0 Å². The highest BCUT2D eigenvalue weighted by Gasteiger charge is 2.26. The minimum absolute atomic E-state index is 0.0524. The van der Waals surface area contributed by atoms with Gasteiger partial charge in [-0.3, -0.25) is 18.6 Å². The van der Waals surface area contributed by atoms with Crippen molar-refractivity contribution in [1.82, 2.24) is 0 Å². The summed E-state index contributed by atoms with van der Waals surface area (Å²) in [6.07, 6.45) is 37.7. The lowest BCUT2D eigenvalue weighted by atomic mass is 10.1. The summed E-state index contributed by atoms with van der Waals surface area (Å²) in [7, 11) is -4.37. The molecule has 0 aliphatic rings. The molecule has 0 amide bonds. The Balaban J connectivity index is 4.20. The van der Waals surface area contributed by atoms with Gasteiger partial charge in [-0.25, -0.2) is 4.57 Å². The summed E-state index contributed by atoms with van der Waals surface area (Å²) in [6.45, 7) is 3.70. The number of phosphoric ester groups is 1. The Morgan fingerprint density at radius 1 is 0.580 bits per heavy atom. The van der Waals surface area contributed by atoms with Crippen LogP contribution in [0.5, 0.6) is 0 Å². The standard InChI is InChI=1S/C40H76NO8P/c1-3-5-7-9-11-13-15-17-19-21-23-25-27-29-31-33-40(43)49-38(37-48-50(44,45)47-35-34-41)36-46-39(42)32-30-28-26-24-22-20-18-16-14-12-10-8-6-4-2/h13,15-16,18,38H,3-12,14,17,19-37,41H2,1-2H3,(H,44,45)/b15-13+,18-16+/t38-/m1/s1. The number of rotatable bonds is 38. The number of nitrogens with two attached hydrogens (primary N) is 1. The molecule has 0 heterocycles. The molecule has 50 heavy (non-hydrogen) atoms. The Morgan fingerprint density at radius 2 is 0.980 bits per heavy atom. The molecule has 0 aliphatic heterocycles. The van der Waals surface area contributed by atoms with Gasteiger partial charge in [0.15, 0.2) is 6.10 Å². The quantitative estimate of drug-likeness (QED) is 0.0275. The molecule has 10 heteroatoms. The van der Waals surface area contributed by atoms with Crippen LogP contribution in [0.1, 0.15) is 187 Å². The number of ether oxygens (including phenoxy) is 2. The first-order chi connectivity index (χ1) is 24.3. The van der Waals surface area contributed by atoms with Crippen LogP contribution in [0.2, 0.25) is 0 Å². The van der Waals surface area contributed by atoms with Gasteiger partial charge in [-0.2, -0.15) is 0 Å². The maximum atomic E-state index is 12.5. The van der Waals surface area contributed by atoms with Crippen LogP contribution in [0.3, 0.4) is 0 Å². The first-order valence-electron chi connectivity index (χ1n) is 20.3. The van der Waals surface area contributed by atoms with Crippen molar-refractivity contribution in [3.8, 4) is 0 Å². The van der Waals surface area contributed by atoms with Crippen LogP contribution < -0.4 is 5.73 Å². The highest BCUT2D eigenvalue weighted by Crippen LogP contribution is 2.43. The molecule has 0 rings (SSSR count). The number of unbranched alkanes of at least 4 members (excludes halogenated alkanes) is 21. The topological polar surface area (TPSA) is 134 Å². The molecule has 2 atom stereocenters. The van der Waals surface area contributed by atoms with E-state index in [1.165, 1.54) is 89.9 Å². The van der Waals surface area contributed by atoms with E-state index in [-0.39, 0.29) is 32.6 Å².